The zero-order chi connectivity index (χ0) is 23.4. The summed E-state index contributed by atoms with van der Waals surface area (Å²) in [6.07, 6.45) is 0. The molecule has 0 aliphatic heterocycles. The number of halogens is 1. The molecule has 0 spiro atoms. The Hall–Kier alpha value is -4.22. The van der Waals surface area contributed by atoms with Gasteiger partial charge in [0, 0.05) is 27.9 Å². The smallest absolute Gasteiger partial charge is 0.257 e. The van der Waals surface area contributed by atoms with Crippen molar-refractivity contribution in [3.63, 3.8) is 0 Å². The first kappa shape index (κ1) is 22.0. The topological polar surface area (TPSA) is 89.3 Å². The summed E-state index contributed by atoms with van der Waals surface area (Å²) in [5.74, 6) is -1.06. The zero-order valence-electron chi connectivity index (χ0n) is 17.4. The van der Waals surface area contributed by atoms with Gasteiger partial charge in [-0.3, -0.25) is 14.4 Å². The number of ketones is 2. The molecule has 162 valence electrons. The first-order chi connectivity index (χ1) is 16.0. The SMILES string of the molecule is Nc1cc(C(=O)Nc2ccccc2C(=O)c2ccccc2)c(Cl)cc1C(=O)c1ccccc1. The van der Waals surface area contributed by atoms with Crippen LogP contribution in [0.5, 0.6) is 0 Å². The molecule has 0 atom stereocenters. The van der Waals surface area contributed by atoms with Gasteiger partial charge in [0.2, 0.25) is 0 Å². The van der Waals surface area contributed by atoms with Crippen molar-refractivity contribution in [2.45, 2.75) is 0 Å². The van der Waals surface area contributed by atoms with Crippen LogP contribution in [0.25, 0.3) is 0 Å². The van der Waals surface area contributed by atoms with Crippen molar-refractivity contribution in [2.75, 3.05) is 11.1 Å². The number of amides is 1. The molecule has 1 amide bonds. The fourth-order valence-electron chi connectivity index (χ4n) is 3.43. The van der Waals surface area contributed by atoms with Gasteiger partial charge < -0.3 is 11.1 Å². The van der Waals surface area contributed by atoms with E-state index in [1.165, 1.54) is 12.1 Å². The molecular formula is C27H19ClN2O3. The number of benzene rings is 4. The number of nitrogen functional groups attached to an aromatic ring is 1. The highest BCUT2D eigenvalue weighted by Crippen LogP contribution is 2.27. The minimum absolute atomic E-state index is 0.0767. The predicted molar refractivity (Wildman–Crippen MR) is 130 cm³/mol. The second kappa shape index (κ2) is 9.51. The molecule has 0 heterocycles. The first-order valence-corrected chi connectivity index (χ1v) is 10.5. The highest BCUT2D eigenvalue weighted by molar-refractivity contribution is 6.35. The molecule has 0 saturated heterocycles. The summed E-state index contributed by atoms with van der Waals surface area (Å²) in [6.45, 7) is 0. The van der Waals surface area contributed by atoms with Gasteiger partial charge in [-0.1, -0.05) is 84.4 Å². The number of rotatable bonds is 6. The van der Waals surface area contributed by atoms with Gasteiger partial charge in [0.1, 0.15) is 0 Å². The molecule has 0 aliphatic rings. The lowest BCUT2D eigenvalue weighted by atomic mass is 9.99. The summed E-state index contributed by atoms with van der Waals surface area (Å²) in [7, 11) is 0. The lowest BCUT2D eigenvalue weighted by Crippen LogP contribution is -2.17. The van der Waals surface area contributed by atoms with Crippen molar-refractivity contribution in [3.8, 4) is 0 Å². The molecule has 0 radical (unpaired) electrons. The summed E-state index contributed by atoms with van der Waals surface area (Å²) >= 11 is 6.36. The van der Waals surface area contributed by atoms with Gasteiger partial charge in [-0.25, -0.2) is 0 Å². The highest BCUT2D eigenvalue weighted by atomic mass is 35.5. The fourth-order valence-corrected chi connectivity index (χ4v) is 3.68. The van der Waals surface area contributed by atoms with Gasteiger partial charge in [0.05, 0.1) is 16.3 Å². The van der Waals surface area contributed by atoms with Crippen LogP contribution in [0, 0.1) is 0 Å². The zero-order valence-corrected chi connectivity index (χ0v) is 18.2. The average Bonchev–Trinajstić information content (AvgIpc) is 2.85. The summed E-state index contributed by atoms with van der Waals surface area (Å²) in [4.78, 5) is 38.7. The van der Waals surface area contributed by atoms with Crippen LogP contribution in [0.15, 0.2) is 97.1 Å². The van der Waals surface area contributed by atoms with E-state index in [0.29, 0.717) is 22.4 Å². The Kier molecular flexibility index (Phi) is 6.33. The Labute approximate surface area is 195 Å². The van der Waals surface area contributed by atoms with Crippen molar-refractivity contribution in [1.82, 2.24) is 0 Å². The Balaban J connectivity index is 1.62. The molecule has 6 heteroatoms. The van der Waals surface area contributed by atoms with Crippen LogP contribution in [0.1, 0.15) is 42.2 Å². The molecule has 3 N–H and O–H groups in total. The minimum Gasteiger partial charge on any atom is -0.398 e. The number of nitrogens with one attached hydrogen (secondary N) is 1. The van der Waals surface area contributed by atoms with E-state index < -0.39 is 5.91 Å². The Bertz CT molecular complexity index is 1350. The average molecular weight is 455 g/mol. The Morgan fingerprint density at radius 1 is 0.636 bits per heavy atom. The maximum absolute atomic E-state index is 13.0. The number of nitrogens with two attached hydrogens (primary N) is 1. The van der Waals surface area contributed by atoms with E-state index in [2.05, 4.69) is 5.32 Å². The van der Waals surface area contributed by atoms with Crippen molar-refractivity contribution < 1.29 is 14.4 Å². The van der Waals surface area contributed by atoms with Crippen molar-refractivity contribution >= 4 is 40.4 Å². The van der Waals surface area contributed by atoms with E-state index in [1.54, 1.807) is 78.9 Å². The predicted octanol–water partition coefficient (Wildman–Crippen LogP) is 5.64. The number of hydrogen-bond acceptors (Lipinski definition) is 4. The van der Waals surface area contributed by atoms with Crippen LogP contribution >= 0.6 is 11.6 Å². The van der Waals surface area contributed by atoms with Gasteiger partial charge >= 0.3 is 0 Å². The van der Waals surface area contributed by atoms with Crippen molar-refractivity contribution in [1.29, 1.82) is 0 Å². The normalized spacial score (nSPS) is 10.5. The van der Waals surface area contributed by atoms with Crippen LogP contribution < -0.4 is 11.1 Å². The lowest BCUT2D eigenvalue weighted by molar-refractivity contribution is 0.102. The highest BCUT2D eigenvalue weighted by Gasteiger charge is 2.20. The number of anilines is 2. The molecule has 0 unspecified atom stereocenters. The molecule has 4 aromatic rings. The second-order valence-corrected chi connectivity index (χ2v) is 7.72. The number of para-hydroxylation sites is 1. The van der Waals surface area contributed by atoms with E-state index in [0.717, 1.165) is 0 Å². The van der Waals surface area contributed by atoms with Gasteiger partial charge in [-0.05, 0) is 24.3 Å². The van der Waals surface area contributed by atoms with Crippen molar-refractivity contribution in [2.24, 2.45) is 0 Å². The molecular weight excluding hydrogens is 436 g/mol. The number of carbonyl (C=O) groups is 3. The van der Waals surface area contributed by atoms with E-state index in [-0.39, 0.29) is 33.4 Å². The van der Waals surface area contributed by atoms with Crippen LogP contribution in [-0.4, -0.2) is 17.5 Å². The molecule has 0 saturated carbocycles. The third-order valence-electron chi connectivity index (χ3n) is 5.12. The largest absolute Gasteiger partial charge is 0.398 e. The summed E-state index contributed by atoms with van der Waals surface area (Å²) in [6, 6.07) is 26.9. The maximum Gasteiger partial charge on any atom is 0.257 e. The van der Waals surface area contributed by atoms with E-state index in [1.807, 2.05) is 6.07 Å². The lowest BCUT2D eigenvalue weighted by Gasteiger charge is -2.13. The van der Waals surface area contributed by atoms with Gasteiger partial charge in [0.15, 0.2) is 11.6 Å². The molecule has 0 bridgehead atoms. The standard InChI is InChI=1S/C27H19ClN2O3/c28-22-15-21(26(32)18-11-5-2-6-12-18)23(29)16-20(22)27(33)30-24-14-8-7-13-19(24)25(31)17-9-3-1-4-10-17/h1-16H,29H2,(H,30,33). The molecule has 0 aliphatic carbocycles. The first-order valence-electron chi connectivity index (χ1n) is 10.1. The summed E-state index contributed by atoms with van der Waals surface area (Å²) in [5.41, 5.74) is 8.20. The minimum atomic E-state index is -0.543. The Morgan fingerprint density at radius 2 is 1.15 bits per heavy atom. The summed E-state index contributed by atoms with van der Waals surface area (Å²) < 4.78 is 0. The molecule has 4 aromatic carbocycles. The van der Waals surface area contributed by atoms with Crippen LogP contribution in [0.3, 0.4) is 0 Å². The van der Waals surface area contributed by atoms with Crippen LogP contribution in [0.2, 0.25) is 5.02 Å². The third-order valence-corrected chi connectivity index (χ3v) is 5.43. The van der Waals surface area contributed by atoms with Gasteiger partial charge in [-0.2, -0.15) is 0 Å². The van der Waals surface area contributed by atoms with E-state index >= 15 is 0 Å². The fraction of sp³-hybridized carbons (Fsp3) is 0. The Morgan fingerprint density at radius 3 is 1.76 bits per heavy atom. The maximum atomic E-state index is 13.0. The van der Waals surface area contributed by atoms with Gasteiger partial charge in [-0.15, -0.1) is 0 Å². The van der Waals surface area contributed by atoms with Crippen LogP contribution in [-0.2, 0) is 0 Å². The monoisotopic (exact) mass is 454 g/mol. The third kappa shape index (κ3) is 4.68. The van der Waals surface area contributed by atoms with E-state index in [9.17, 15) is 14.4 Å². The molecule has 5 nitrogen and oxygen atoms in total. The van der Waals surface area contributed by atoms with E-state index in [4.69, 9.17) is 17.3 Å². The second-order valence-electron chi connectivity index (χ2n) is 7.31. The summed E-state index contributed by atoms with van der Waals surface area (Å²) in [5, 5.41) is 2.82. The van der Waals surface area contributed by atoms with Gasteiger partial charge in [0.25, 0.3) is 5.91 Å². The quantitative estimate of drug-likeness (QED) is 0.291. The van der Waals surface area contributed by atoms with Crippen molar-refractivity contribution in [3.05, 3.63) is 130 Å². The molecule has 0 fully saturated rings. The number of hydrogen-bond donors (Lipinski definition) is 2. The molecule has 0 aromatic heterocycles. The molecule has 4 rings (SSSR count). The van der Waals surface area contributed by atoms with Crippen LogP contribution in [0.4, 0.5) is 11.4 Å². The number of carbonyl (C=O) groups excluding carboxylic acids is 3. The molecule has 33 heavy (non-hydrogen) atoms.